The smallest absolute Gasteiger partial charge is 0.337 e. The van der Waals surface area contributed by atoms with Crippen molar-refractivity contribution in [3.8, 4) is 0 Å². The van der Waals surface area contributed by atoms with E-state index in [9.17, 15) is 4.79 Å². The molecule has 0 aromatic carbocycles. The molecule has 1 fully saturated rings. The summed E-state index contributed by atoms with van der Waals surface area (Å²) in [6.07, 6.45) is 9.43. The van der Waals surface area contributed by atoms with Crippen LogP contribution in [-0.4, -0.2) is 22.6 Å². The molecule has 1 aliphatic carbocycles. The number of alkyl halides is 1. The molecule has 2 rings (SSSR count). The number of esters is 1. The molecule has 0 radical (unpaired) electrons. The fourth-order valence-corrected chi connectivity index (χ4v) is 4.15. The van der Waals surface area contributed by atoms with E-state index in [0.29, 0.717) is 10.5 Å². The summed E-state index contributed by atoms with van der Waals surface area (Å²) in [5.74, 6) is 0.950. The SMILES string of the molecule is C/C=C/CCC1=C(C(=O)OCC)C2CCCC(I)C2O1. The molecule has 3 unspecified atom stereocenters. The van der Waals surface area contributed by atoms with Crippen molar-refractivity contribution in [3.05, 3.63) is 23.5 Å². The van der Waals surface area contributed by atoms with Crippen molar-refractivity contribution in [2.45, 2.75) is 56.0 Å². The van der Waals surface area contributed by atoms with E-state index in [0.717, 1.165) is 30.6 Å². The summed E-state index contributed by atoms with van der Waals surface area (Å²) in [4.78, 5) is 12.3. The normalized spacial score (nSPS) is 29.4. The second-order valence-corrected chi connectivity index (χ2v) is 6.90. The lowest BCUT2D eigenvalue weighted by molar-refractivity contribution is -0.139. The molecular formula is C16H23IO3. The third-order valence-corrected chi connectivity index (χ3v) is 5.30. The molecule has 0 aromatic rings. The molecule has 3 atom stereocenters. The molecule has 0 aromatic heterocycles. The number of carbonyl (C=O) groups excluding carboxylic acids is 1. The number of allylic oxidation sites excluding steroid dienone is 3. The van der Waals surface area contributed by atoms with Crippen molar-refractivity contribution in [3.63, 3.8) is 0 Å². The van der Waals surface area contributed by atoms with Crippen LogP contribution in [0.15, 0.2) is 23.5 Å². The quantitative estimate of drug-likeness (QED) is 0.306. The van der Waals surface area contributed by atoms with Gasteiger partial charge in [-0.15, -0.1) is 0 Å². The molecule has 0 saturated heterocycles. The minimum atomic E-state index is -0.166. The first kappa shape index (κ1) is 15.9. The van der Waals surface area contributed by atoms with E-state index in [2.05, 4.69) is 28.7 Å². The van der Waals surface area contributed by atoms with Gasteiger partial charge in [-0.25, -0.2) is 4.79 Å². The van der Waals surface area contributed by atoms with Gasteiger partial charge in [0.15, 0.2) is 0 Å². The average molecular weight is 390 g/mol. The number of hydrogen-bond acceptors (Lipinski definition) is 3. The van der Waals surface area contributed by atoms with Gasteiger partial charge in [-0.3, -0.25) is 0 Å². The second kappa shape index (κ2) is 7.48. The topological polar surface area (TPSA) is 35.5 Å². The predicted molar refractivity (Wildman–Crippen MR) is 87.7 cm³/mol. The van der Waals surface area contributed by atoms with Crippen molar-refractivity contribution in [1.82, 2.24) is 0 Å². The molecule has 112 valence electrons. The van der Waals surface area contributed by atoms with E-state index in [-0.39, 0.29) is 18.0 Å². The summed E-state index contributed by atoms with van der Waals surface area (Å²) in [6.45, 7) is 4.29. The molecule has 1 saturated carbocycles. The summed E-state index contributed by atoms with van der Waals surface area (Å²) in [5, 5.41) is 0. The van der Waals surface area contributed by atoms with Gasteiger partial charge < -0.3 is 9.47 Å². The van der Waals surface area contributed by atoms with Gasteiger partial charge in [-0.1, -0.05) is 41.2 Å². The first-order valence-electron chi connectivity index (χ1n) is 7.51. The van der Waals surface area contributed by atoms with Gasteiger partial charge in [-0.2, -0.15) is 0 Å². The summed E-state index contributed by atoms with van der Waals surface area (Å²) in [7, 11) is 0. The summed E-state index contributed by atoms with van der Waals surface area (Å²) in [6, 6.07) is 0. The fourth-order valence-electron chi connectivity index (χ4n) is 3.06. The highest BCUT2D eigenvalue weighted by molar-refractivity contribution is 14.1. The molecule has 4 heteroatoms. The van der Waals surface area contributed by atoms with Crippen LogP contribution in [-0.2, 0) is 14.3 Å². The van der Waals surface area contributed by atoms with E-state index >= 15 is 0 Å². The number of ether oxygens (including phenoxy) is 2. The van der Waals surface area contributed by atoms with Crippen LogP contribution in [0.1, 0.15) is 46.0 Å². The van der Waals surface area contributed by atoms with E-state index in [4.69, 9.17) is 9.47 Å². The monoisotopic (exact) mass is 390 g/mol. The van der Waals surface area contributed by atoms with Crippen molar-refractivity contribution in [2.24, 2.45) is 5.92 Å². The zero-order chi connectivity index (χ0) is 14.5. The Balaban J connectivity index is 2.19. The summed E-state index contributed by atoms with van der Waals surface area (Å²) >= 11 is 2.47. The Kier molecular flexibility index (Phi) is 5.93. The van der Waals surface area contributed by atoms with Crippen LogP contribution >= 0.6 is 22.6 Å². The van der Waals surface area contributed by atoms with E-state index in [1.54, 1.807) is 0 Å². The first-order chi connectivity index (χ1) is 9.69. The summed E-state index contributed by atoms with van der Waals surface area (Å²) < 4.78 is 11.9. The lowest BCUT2D eigenvalue weighted by Crippen LogP contribution is -2.34. The molecule has 1 heterocycles. The first-order valence-corrected chi connectivity index (χ1v) is 8.75. The van der Waals surface area contributed by atoms with Gasteiger partial charge in [0.1, 0.15) is 11.9 Å². The fraction of sp³-hybridized carbons (Fsp3) is 0.688. The molecule has 0 N–H and O–H groups in total. The molecule has 1 aliphatic heterocycles. The van der Waals surface area contributed by atoms with Gasteiger partial charge in [-0.05, 0) is 33.1 Å². The number of hydrogen-bond donors (Lipinski definition) is 0. The highest BCUT2D eigenvalue weighted by Gasteiger charge is 2.45. The molecule has 3 nitrogen and oxygen atoms in total. The third-order valence-electron chi connectivity index (χ3n) is 3.97. The van der Waals surface area contributed by atoms with Gasteiger partial charge in [0, 0.05) is 16.3 Å². The van der Waals surface area contributed by atoms with E-state index in [1.807, 2.05) is 19.9 Å². The highest BCUT2D eigenvalue weighted by atomic mass is 127. The Hall–Kier alpha value is -0.520. The Morgan fingerprint density at radius 2 is 2.30 bits per heavy atom. The average Bonchev–Trinajstić information content (AvgIpc) is 2.79. The lowest BCUT2D eigenvalue weighted by atomic mass is 9.82. The van der Waals surface area contributed by atoms with Crippen LogP contribution in [0, 0.1) is 5.92 Å². The Bertz CT molecular complexity index is 414. The molecule has 2 aliphatic rings. The zero-order valence-corrected chi connectivity index (χ0v) is 14.4. The van der Waals surface area contributed by atoms with E-state index in [1.165, 1.54) is 12.8 Å². The molecule has 0 spiro atoms. The van der Waals surface area contributed by atoms with E-state index < -0.39 is 0 Å². The van der Waals surface area contributed by atoms with Gasteiger partial charge in [0.25, 0.3) is 0 Å². The van der Waals surface area contributed by atoms with Crippen molar-refractivity contribution in [1.29, 1.82) is 0 Å². The molecule has 0 amide bonds. The van der Waals surface area contributed by atoms with Crippen molar-refractivity contribution >= 4 is 28.6 Å². The second-order valence-electron chi connectivity index (χ2n) is 5.30. The lowest BCUT2D eigenvalue weighted by Gasteiger charge is -2.30. The predicted octanol–water partition coefficient (Wildman–Crippen LogP) is 4.16. The molecular weight excluding hydrogens is 367 g/mol. The van der Waals surface area contributed by atoms with Crippen LogP contribution in [0.3, 0.4) is 0 Å². The van der Waals surface area contributed by atoms with Crippen LogP contribution in [0.4, 0.5) is 0 Å². The highest BCUT2D eigenvalue weighted by Crippen LogP contribution is 2.44. The maximum absolute atomic E-state index is 12.3. The molecule has 0 bridgehead atoms. The standard InChI is InChI=1S/C16H23IO3/c1-3-5-6-10-13-14(16(18)19-4-2)11-8-7-9-12(17)15(11)20-13/h3,5,11-12,15H,4,6-10H2,1-2H3/b5-3+. The minimum Gasteiger partial charge on any atom is -0.492 e. The summed E-state index contributed by atoms with van der Waals surface area (Å²) in [5.41, 5.74) is 0.822. The third kappa shape index (κ3) is 3.38. The van der Waals surface area contributed by atoms with Crippen LogP contribution < -0.4 is 0 Å². The van der Waals surface area contributed by atoms with Gasteiger partial charge >= 0.3 is 5.97 Å². The van der Waals surface area contributed by atoms with Gasteiger partial charge in [0.2, 0.25) is 0 Å². The number of fused-ring (bicyclic) bond motifs is 1. The Labute approximate surface area is 134 Å². The maximum atomic E-state index is 12.3. The Morgan fingerprint density at radius 1 is 1.50 bits per heavy atom. The number of rotatable bonds is 5. The molecule has 20 heavy (non-hydrogen) atoms. The maximum Gasteiger partial charge on any atom is 0.337 e. The van der Waals surface area contributed by atoms with Crippen LogP contribution in [0.25, 0.3) is 0 Å². The van der Waals surface area contributed by atoms with Crippen molar-refractivity contribution < 1.29 is 14.3 Å². The minimum absolute atomic E-state index is 0.166. The largest absolute Gasteiger partial charge is 0.492 e. The van der Waals surface area contributed by atoms with Crippen LogP contribution in [0.2, 0.25) is 0 Å². The zero-order valence-electron chi connectivity index (χ0n) is 12.2. The van der Waals surface area contributed by atoms with Crippen molar-refractivity contribution in [2.75, 3.05) is 6.61 Å². The Morgan fingerprint density at radius 3 is 3.00 bits per heavy atom. The van der Waals surface area contributed by atoms with Gasteiger partial charge in [0.05, 0.1) is 12.2 Å². The van der Waals surface area contributed by atoms with Crippen LogP contribution in [0.5, 0.6) is 0 Å². The number of carbonyl (C=O) groups is 1. The number of halogens is 1.